The van der Waals surface area contributed by atoms with Gasteiger partial charge >= 0.3 is 19.5 Å². The Bertz CT molecular complexity index is 1870. The Labute approximate surface area is 304 Å². The van der Waals surface area contributed by atoms with E-state index < -0.39 is 95.7 Å². The third-order valence-electron chi connectivity index (χ3n) is 10.5. The summed E-state index contributed by atoms with van der Waals surface area (Å²) in [7, 11) is -9.20. The van der Waals surface area contributed by atoms with Gasteiger partial charge in [-0.15, -0.1) is 0 Å². The highest BCUT2D eigenvalue weighted by Gasteiger charge is 2.48. The van der Waals surface area contributed by atoms with Crippen molar-refractivity contribution in [3.05, 3.63) is 23.0 Å². The summed E-state index contributed by atoms with van der Waals surface area (Å²) >= 11 is 6.33. The molecule has 0 unspecified atom stereocenters. The number of esters is 2. The lowest BCUT2D eigenvalue weighted by Crippen LogP contribution is -2.37. The van der Waals surface area contributed by atoms with E-state index in [1.54, 1.807) is 19.9 Å². The Balaban J connectivity index is 1.15. The average molecular weight is 791 g/mol. The molecule has 4 atom stereocenters. The molecule has 1 aliphatic heterocycles. The summed E-state index contributed by atoms with van der Waals surface area (Å²) < 4.78 is 82.1. The van der Waals surface area contributed by atoms with Crippen LogP contribution in [0.15, 0.2) is 12.3 Å². The number of nitriles is 1. The maximum Gasteiger partial charge on any atom is 0.351 e. The van der Waals surface area contributed by atoms with E-state index in [1.165, 1.54) is 10.8 Å². The van der Waals surface area contributed by atoms with Crippen molar-refractivity contribution in [2.24, 2.45) is 10.8 Å². The first kappa shape index (κ1) is 38.8. The van der Waals surface area contributed by atoms with E-state index in [0.29, 0.717) is 36.8 Å². The van der Waals surface area contributed by atoms with Gasteiger partial charge in [0.1, 0.15) is 41.8 Å². The van der Waals surface area contributed by atoms with Gasteiger partial charge in [0, 0.05) is 17.6 Å². The van der Waals surface area contributed by atoms with Crippen LogP contribution in [0.1, 0.15) is 77.0 Å². The molecule has 2 aromatic heterocycles. The lowest BCUT2D eigenvalue weighted by atomic mass is 9.70. The maximum absolute atomic E-state index is 13.8. The van der Waals surface area contributed by atoms with Gasteiger partial charge in [-0.3, -0.25) is 23.2 Å². The molecule has 0 radical (unpaired) electrons. The van der Waals surface area contributed by atoms with E-state index in [1.807, 2.05) is 6.07 Å². The zero-order valence-corrected chi connectivity index (χ0v) is 31.0. The normalized spacial score (nSPS) is 27.9. The Kier molecular flexibility index (Phi) is 11.0. The van der Waals surface area contributed by atoms with Crippen molar-refractivity contribution in [1.29, 1.82) is 5.26 Å². The largest absolute Gasteiger partial charge is 0.438 e. The van der Waals surface area contributed by atoms with Gasteiger partial charge in [-0.05, 0) is 58.4 Å². The monoisotopic (exact) mass is 790 g/mol. The lowest BCUT2D eigenvalue weighted by Gasteiger charge is -2.35. The molecule has 4 aliphatic rings. The quantitative estimate of drug-likeness (QED) is 0.100. The van der Waals surface area contributed by atoms with Crippen LogP contribution in [0.5, 0.6) is 0 Å². The summed E-state index contributed by atoms with van der Waals surface area (Å²) in [6, 6.07) is 3.29. The van der Waals surface area contributed by atoms with Crippen LogP contribution < -0.4 is 5.32 Å². The molecule has 0 amide bonds. The van der Waals surface area contributed by atoms with Crippen LogP contribution in [0.3, 0.4) is 0 Å². The zero-order valence-electron chi connectivity index (χ0n) is 28.5. The lowest BCUT2D eigenvalue weighted by molar-refractivity contribution is -0.169. The van der Waals surface area contributed by atoms with E-state index in [0.717, 1.165) is 12.8 Å². The van der Waals surface area contributed by atoms with Crippen molar-refractivity contribution in [3.8, 4) is 6.07 Å². The Hall–Kier alpha value is -2.88. The fourth-order valence-electron chi connectivity index (χ4n) is 6.71. The molecule has 0 spiro atoms. The summed E-state index contributed by atoms with van der Waals surface area (Å²) in [4.78, 5) is 29.3. The van der Waals surface area contributed by atoms with Gasteiger partial charge in [-0.2, -0.15) is 5.26 Å². The predicted octanol–water partition coefficient (Wildman–Crippen LogP) is 4.07. The van der Waals surface area contributed by atoms with Gasteiger partial charge in [0.05, 0.1) is 22.3 Å². The molecule has 3 aliphatic carbocycles. The second kappa shape index (κ2) is 14.7. The highest BCUT2D eigenvalue weighted by Crippen LogP contribution is 2.51. The summed E-state index contributed by atoms with van der Waals surface area (Å²) in [6.07, 6.45) is -1.42. The summed E-state index contributed by atoms with van der Waals surface area (Å²) in [6.45, 7) is 1.61. The second-order valence-electron chi connectivity index (χ2n) is 14.5. The van der Waals surface area contributed by atoms with Crippen LogP contribution in [-0.4, -0.2) is 95.5 Å². The first-order valence-electron chi connectivity index (χ1n) is 16.9. The number of aliphatic hydroxyl groups is 2. The first-order chi connectivity index (χ1) is 24.5. The van der Waals surface area contributed by atoms with E-state index in [2.05, 4.69) is 10.3 Å². The van der Waals surface area contributed by atoms with Gasteiger partial charge < -0.3 is 34.3 Å². The van der Waals surface area contributed by atoms with Crippen LogP contribution in [-0.2, 0) is 47.2 Å². The van der Waals surface area contributed by atoms with Gasteiger partial charge in [0.2, 0.25) is 13.6 Å². The summed E-state index contributed by atoms with van der Waals surface area (Å²) in [5.74, 6) is -2.19. The number of nitrogens with one attached hydrogen (secondary N) is 1. The number of pyridine rings is 1. The molecule has 6 rings (SSSR count). The molecule has 52 heavy (non-hydrogen) atoms. The first-order valence-corrected chi connectivity index (χ1v) is 20.8. The van der Waals surface area contributed by atoms with Crippen molar-refractivity contribution in [3.63, 3.8) is 0 Å². The number of halogens is 2. The Morgan fingerprint density at radius 2 is 1.69 bits per heavy atom. The number of hydrogen-bond acceptors (Lipinski definition) is 15. The van der Waals surface area contributed by atoms with Crippen molar-refractivity contribution in [2.45, 2.75) is 102 Å². The van der Waals surface area contributed by atoms with Crippen molar-refractivity contribution >= 4 is 57.7 Å². The molecular formula is C32H41ClFN4O12PS. The molecule has 1 saturated heterocycles. The molecule has 286 valence electrons. The highest BCUT2D eigenvalue weighted by atomic mass is 35.5. The number of rotatable bonds is 15. The minimum atomic E-state index is -4.69. The third-order valence-corrected chi connectivity index (χ3v) is 15.5. The molecule has 3 heterocycles. The number of ether oxygens (including phenoxy) is 3. The smallest absolute Gasteiger partial charge is 0.351 e. The Morgan fingerprint density at radius 3 is 2.19 bits per heavy atom. The van der Waals surface area contributed by atoms with Crippen molar-refractivity contribution < 1.29 is 60.4 Å². The van der Waals surface area contributed by atoms with Crippen LogP contribution in [0.25, 0.3) is 11.0 Å². The molecule has 2 aromatic rings. The highest BCUT2D eigenvalue weighted by molar-refractivity contribution is 7.97. The molecule has 3 N–H and O–H groups in total. The van der Waals surface area contributed by atoms with Gasteiger partial charge in [-0.1, -0.05) is 24.4 Å². The number of alkyl halides is 1. The molecule has 0 aromatic carbocycles. The summed E-state index contributed by atoms with van der Waals surface area (Å²) in [5, 5.41) is 35.0. The fraction of sp³-hybridized carbons (Fsp3) is 0.688. The molecule has 0 bridgehead atoms. The van der Waals surface area contributed by atoms with Crippen LogP contribution >= 0.6 is 19.2 Å². The van der Waals surface area contributed by atoms with Crippen LogP contribution in [0, 0.1) is 22.2 Å². The van der Waals surface area contributed by atoms with Gasteiger partial charge in [0.25, 0.3) is 0 Å². The number of nitrogens with zero attached hydrogens (tertiary/aromatic N) is 3. The molecular weight excluding hydrogens is 750 g/mol. The number of anilines is 1. The standard InChI is InChI=1S/C32H41ClFN4O12PS/c1-31(6-3-7-31)29(41)46-15-48-51(43,49-16-47-30(42)32(2)8-4-9-32)17-52(44,45)14-22-24(39)25(40)28(50-22)38-10-5-20-23(36-19-11-18(34)12-19)21(13-35)26(33)37-27(20)38/h5,10,18-19,22,24-25,28,39-40H,3-4,6-9,11-12,14-17H2,1-2H3,(H,36,37)/t18-,19+,22-,24-,25-,28-/m1/s1. The van der Waals surface area contributed by atoms with E-state index >= 15 is 0 Å². The topological polar surface area (TPSA) is 226 Å². The minimum Gasteiger partial charge on any atom is -0.438 e. The SMILES string of the molecule is CC1(C(=O)OCOP(=O)(CS(=O)(=O)C[C@H]2O[C@@H](n3ccc4c(N[C@H]5C[C@@H](F)C5)c(C#N)c(Cl)nc43)[C@H](O)[C@@H]2O)OCOC(=O)C2(C)CCC2)CCC1. The minimum absolute atomic E-state index is 0.0268. The average Bonchev–Trinajstić information content (AvgIpc) is 3.56. The number of aliphatic hydroxyl groups excluding tert-OH is 2. The number of carbonyl (C=O) groups excluding carboxylic acids is 2. The van der Waals surface area contributed by atoms with Crippen LogP contribution in [0.4, 0.5) is 10.1 Å². The van der Waals surface area contributed by atoms with Gasteiger partial charge in [0.15, 0.2) is 26.7 Å². The molecule has 4 fully saturated rings. The third kappa shape index (κ3) is 7.83. The zero-order chi connectivity index (χ0) is 37.6. The van der Waals surface area contributed by atoms with Crippen molar-refractivity contribution in [2.75, 3.05) is 30.1 Å². The van der Waals surface area contributed by atoms with Crippen molar-refractivity contribution in [1.82, 2.24) is 9.55 Å². The predicted molar refractivity (Wildman–Crippen MR) is 181 cm³/mol. The maximum atomic E-state index is 13.8. The fourth-order valence-corrected chi connectivity index (χ4v) is 11.1. The van der Waals surface area contributed by atoms with Crippen LogP contribution in [0.2, 0.25) is 5.15 Å². The molecule has 3 saturated carbocycles. The van der Waals surface area contributed by atoms with Gasteiger partial charge in [-0.25, -0.2) is 17.8 Å². The number of carbonyl (C=O) groups is 2. The van der Waals surface area contributed by atoms with E-state index in [9.17, 15) is 42.4 Å². The number of hydrogen-bond donors (Lipinski definition) is 3. The number of aromatic nitrogens is 2. The number of fused-ring (bicyclic) bond motifs is 1. The molecule has 20 heteroatoms. The molecule has 16 nitrogen and oxygen atoms in total. The number of sulfone groups is 1. The second-order valence-corrected chi connectivity index (χ2v) is 19.5. The Morgan fingerprint density at radius 1 is 1.12 bits per heavy atom. The van der Waals surface area contributed by atoms with E-state index in [-0.39, 0.29) is 35.2 Å². The summed E-state index contributed by atoms with van der Waals surface area (Å²) in [5.41, 5.74) is -2.29. The van der Waals surface area contributed by atoms with E-state index in [4.69, 9.17) is 34.9 Å².